The van der Waals surface area contributed by atoms with E-state index in [0.717, 1.165) is 18.4 Å². The maximum absolute atomic E-state index is 9.74. The van der Waals surface area contributed by atoms with E-state index in [2.05, 4.69) is 44.0 Å². The van der Waals surface area contributed by atoms with Gasteiger partial charge in [-0.1, -0.05) is 20.3 Å². The fourth-order valence-corrected chi connectivity index (χ4v) is 4.56. The monoisotopic (exact) mass is 291 g/mol. The molecule has 0 radical (unpaired) electrons. The van der Waals surface area contributed by atoms with Gasteiger partial charge in [0.1, 0.15) is 5.54 Å². The number of nitriles is 1. The zero-order chi connectivity index (χ0) is 15.5. The molecule has 0 aromatic carbocycles. The molecule has 2 rings (SSSR count). The molecule has 1 N–H and O–H groups in total. The van der Waals surface area contributed by atoms with Crippen LogP contribution in [0.15, 0.2) is 0 Å². The molecular formula is C18H33N3. The second-order valence-electron chi connectivity index (χ2n) is 7.75. The van der Waals surface area contributed by atoms with Crippen molar-refractivity contribution in [2.45, 2.75) is 83.8 Å². The largest absolute Gasteiger partial charge is 0.300 e. The van der Waals surface area contributed by atoms with E-state index in [1.54, 1.807) is 0 Å². The molecule has 3 atom stereocenters. The van der Waals surface area contributed by atoms with Gasteiger partial charge >= 0.3 is 0 Å². The molecule has 3 unspecified atom stereocenters. The molecule has 120 valence electrons. The standard InChI is InChI=1S/C18H33N3/c1-14(2)17-8-6-11-21(17)12-9-16-7-5-10-18(16,13-19)20-15(3)4/h14-17,20H,5-12H2,1-4H3. The first-order chi connectivity index (χ1) is 9.98. The molecular weight excluding hydrogens is 258 g/mol. The minimum Gasteiger partial charge on any atom is -0.300 e. The van der Waals surface area contributed by atoms with E-state index in [4.69, 9.17) is 0 Å². The number of rotatable bonds is 6. The highest BCUT2D eigenvalue weighted by Gasteiger charge is 2.43. The first kappa shape index (κ1) is 16.8. The van der Waals surface area contributed by atoms with E-state index >= 15 is 0 Å². The summed E-state index contributed by atoms with van der Waals surface area (Å²) >= 11 is 0. The molecule has 21 heavy (non-hydrogen) atoms. The van der Waals surface area contributed by atoms with Crippen LogP contribution < -0.4 is 5.32 Å². The Bertz CT molecular complexity index is 371. The van der Waals surface area contributed by atoms with Gasteiger partial charge in [0.25, 0.3) is 0 Å². The molecule has 1 saturated carbocycles. The smallest absolute Gasteiger partial charge is 0.109 e. The minimum absolute atomic E-state index is 0.263. The highest BCUT2D eigenvalue weighted by atomic mass is 15.2. The van der Waals surface area contributed by atoms with Gasteiger partial charge in [-0.05, 0) is 70.9 Å². The summed E-state index contributed by atoms with van der Waals surface area (Å²) < 4.78 is 0. The van der Waals surface area contributed by atoms with Gasteiger partial charge in [0, 0.05) is 12.1 Å². The van der Waals surface area contributed by atoms with Crippen LogP contribution in [0.3, 0.4) is 0 Å². The van der Waals surface area contributed by atoms with E-state index in [-0.39, 0.29) is 5.54 Å². The van der Waals surface area contributed by atoms with Crippen LogP contribution in [0.25, 0.3) is 0 Å². The summed E-state index contributed by atoms with van der Waals surface area (Å²) in [6.07, 6.45) is 7.33. The van der Waals surface area contributed by atoms with Crippen LogP contribution in [0.1, 0.15) is 66.2 Å². The molecule has 0 bridgehead atoms. The number of likely N-dealkylation sites (tertiary alicyclic amines) is 1. The molecule has 1 saturated heterocycles. The maximum Gasteiger partial charge on any atom is 0.109 e. The summed E-state index contributed by atoms with van der Waals surface area (Å²) in [5.74, 6) is 1.28. The number of hydrogen-bond donors (Lipinski definition) is 1. The number of nitrogens with zero attached hydrogens (tertiary/aromatic N) is 2. The Morgan fingerprint density at radius 3 is 2.62 bits per heavy atom. The molecule has 3 nitrogen and oxygen atoms in total. The van der Waals surface area contributed by atoms with Crippen LogP contribution in [0.2, 0.25) is 0 Å². The summed E-state index contributed by atoms with van der Waals surface area (Å²) in [6.45, 7) is 11.4. The van der Waals surface area contributed by atoms with Crippen LogP contribution >= 0.6 is 0 Å². The second-order valence-corrected chi connectivity index (χ2v) is 7.75. The van der Waals surface area contributed by atoms with Crippen molar-refractivity contribution in [3.8, 4) is 6.07 Å². The van der Waals surface area contributed by atoms with Crippen molar-refractivity contribution in [3.63, 3.8) is 0 Å². The van der Waals surface area contributed by atoms with Crippen LogP contribution in [0.5, 0.6) is 0 Å². The van der Waals surface area contributed by atoms with Gasteiger partial charge in [-0.2, -0.15) is 5.26 Å². The van der Waals surface area contributed by atoms with E-state index in [1.165, 1.54) is 45.2 Å². The lowest BCUT2D eigenvalue weighted by atomic mass is 9.85. The van der Waals surface area contributed by atoms with Gasteiger partial charge in [0.15, 0.2) is 0 Å². The van der Waals surface area contributed by atoms with Crippen molar-refractivity contribution in [1.82, 2.24) is 10.2 Å². The third kappa shape index (κ3) is 3.79. The van der Waals surface area contributed by atoms with E-state index in [1.807, 2.05) is 0 Å². The molecule has 1 heterocycles. The van der Waals surface area contributed by atoms with Gasteiger partial charge in [-0.15, -0.1) is 0 Å². The Morgan fingerprint density at radius 2 is 2.00 bits per heavy atom. The zero-order valence-electron chi connectivity index (χ0n) is 14.4. The Labute approximate surface area is 131 Å². The third-order valence-corrected chi connectivity index (χ3v) is 5.51. The third-order valence-electron chi connectivity index (χ3n) is 5.51. The predicted molar refractivity (Wildman–Crippen MR) is 88.0 cm³/mol. The molecule has 1 aliphatic carbocycles. The van der Waals surface area contributed by atoms with Crippen LogP contribution in [-0.2, 0) is 0 Å². The first-order valence-electron chi connectivity index (χ1n) is 8.91. The molecule has 0 amide bonds. The Kier molecular flexibility index (Phi) is 5.68. The number of nitrogens with one attached hydrogen (secondary N) is 1. The highest BCUT2D eigenvalue weighted by Crippen LogP contribution is 2.38. The summed E-state index contributed by atoms with van der Waals surface area (Å²) in [7, 11) is 0. The number of hydrogen-bond acceptors (Lipinski definition) is 3. The Balaban J connectivity index is 1.94. The normalized spacial score (nSPS) is 34.0. The fourth-order valence-electron chi connectivity index (χ4n) is 4.56. The van der Waals surface area contributed by atoms with Crippen molar-refractivity contribution < 1.29 is 0 Å². The Hall–Kier alpha value is -0.590. The average molecular weight is 291 g/mol. The van der Waals surface area contributed by atoms with Crippen molar-refractivity contribution in [2.75, 3.05) is 13.1 Å². The molecule has 0 spiro atoms. The van der Waals surface area contributed by atoms with E-state index in [9.17, 15) is 5.26 Å². The average Bonchev–Trinajstić information content (AvgIpc) is 3.02. The molecule has 0 aromatic heterocycles. The van der Waals surface area contributed by atoms with Gasteiger partial charge in [-0.25, -0.2) is 0 Å². The van der Waals surface area contributed by atoms with E-state index < -0.39 is 0 Å². The molecule has 2 fully saturated rings. The molecule has 3 heteroatoms. The zero-order valence-corrected chi connectivity index (χ0v) is 14.4. The van der Waals surface area contributed by atoms with Crippen molar-refractivity contribution in [2.24, 2.45) is 11.8 Å². The van der Waals surface area contributed by atoms with Gasteiger partial charge < -0.3 is 4.90 Å². The molecule has 1 aliphatic heterocycles. The lowest BCUT2D eigenvalue weighted by Gasteiger charge is -2.34. The van der Waals surface area contributed by atoms with Gasteiger partial charge in [0.2, 0.25) is 0 Å². The minimum atomic E-state index is -0.263. The second kappa shape index (κ2) is 7.11. The van der Waals surface area contributed by atoms with Crippen LogP contribution in [0, 0.1) is 23.2 Å². The van der Waals surface area contributed by atoms with Gasteiger partial charge in [-0.3, -0.25) is 5.32 Å². The van der Waals surface area contributed by atoms with Gasteiger partial charge in [0.05, 0.1) is 6.07 Å². The maximum atomic E-state index is 9.74. The highest BCUT2D eigenvalue weighted by molar-refractivity contribution is 5.14. The lowest BCUT2D eigenvalue weighted by molar-refractivity contribution is 0.177. The van der Waals surface area contributed by atoms with Crippen molar-refractivity contribution >= 4 is 0 Å². The lowest BCUT2D eigenvalue weighted by Crippen LogP contribution is -2.51. The fraction of sp³-hybridized carbons (Fsp3) is 0.944. The topological polar surface area (TPSA) is 39.1 Å². The predicted octanol–water partition coefficient (Wildman–Crippen LogP) is 3.56. The first-order valence-corrected chi connectivity index (χ1v) is 8.91. The quantitative estimate of drug-likeness (QED) is 0.813. The van der Waals surface area contributed by atoms with Crippen molar-refractivity contribution in [3.05, 3.63) is 0 Å². The summed E-state index contributed by atoms with van der Waals surface area (Å²) in [4.78, 5) is 2.68. The van der Waals surface area contributed by atoms with Crippen molar-refractivity contribution in [1.29, 1.82) is 5.26 Å². The SMILES string of the molecule is CC(C)NC1(C#N)CCCC1CCN1CCCC1C(C)C. The van der Waals surface area contributed by atoms with E-state index in [0.29, 0.717) is 12.0 Å². The summed E-state index contributed by atoms with van der Waals surface area (Å²) in [5, 5.41) is 13.3. The summed E-state index contributed by atoms with van der Waals surface area (Å²) in [6, 6.07) is 3.79. The van der Waals surface area contributed by atoms with Crippen LogP contribution in [-0.4, -0.2) is 35.6 Å². The molecule has 2 aliphatic rings. The van der Waals surface area contributed by atoms with Crippen LogP contribution in [0.4, 0.5) is 0 Å². The Morgan fingerprint density at radius 1 is 1.24 bits per heavy atom. The summed E-state index contributed by atoms with van der Waals surface area (Å²) in [5.41, 5.74) is -0.263. The molecule has 0 aromatic rings.